The molecule has 0 aliphatic rings. The molecule has 0 spiro atoms. The van der Waals surface area contributed by atoms with Crippen LogP contribution in [0.4, 0.5) is 8.78 Å². The van der Waals surface area contributed by atoms with Crippen molar-refractivity contribution in [3.05, 3.63) is 23.5 Å². The molecule has 0 aliphatic heterocycles. The second kappa shape index (κ2) is 8.55. The van der Waals surface area contributed by atoms with Crippen molar-refractivity contribution >= 4 is 0 Å². The van der Waals surface area contributed by atoms with E-state index < -0.39 is 5.95 Å². The van der Waals surface area contributed by atoms with Crippen molar-refractivity contribution in [2.24, 2.45) is 7.05 Å². The summed E-state index contributed by atoms with van der Waals surface area (Å²) < 4.78 is 29.3. The number of rotatable bonds is 10. The van der Waals surface area contributed by atoms with Gasteiger partial charge in [0.05, 0.1) is 5.69 Å². The fourth-order valence-corrected chi connectivity index (χ4v) is 3.30. The van der Waals surface area contributed by atoms with Crippen molar-refractivity contribution in [3.8, 4) is 0 Å². The van der Waals surface area contributed by atoms with Crippen LogP contribution in [0.15, 0.2) is 6.07 Å². The Morgan fingerprint density at radius 2 is 1.48 bits per heavy atom. The molecule has 0 N–H and O–H groups in total. The summed E-state index contributed by atoms with van der Waals surface area (Å²) >= 11 is 0. The fourth-order valence-electron chi connectivity index (χ4n) is 3.30. The third-order valence-electron chi connectivity index (χ3n) is 4.61. The summed E-state index contributed by atoms with van der Waals surface area (Å²) in [4.78, 5) is 0. The monoisotopic (exact) mass is 299 g/mol. The normalized spacial score (nSPS) is 14.4. The first-order valence-corrected chi connectivity index (χ1v) is 8.47. The zero-order valence-corrected chi connectivity index (χ0v) is 14.1. The molecule has 1 aromatic rings. The predicted molar refractivity (Wildman–Crippen MR) is 85.6 cm³/mol. The van der Waals surface area contributed by atoms with Crippen molar-refractivity contribution < 1.29 is 8.78 Å². The van der Waals surface area contributed by atoms with Crippen LogP contribution in [0.2, 0.25) is 0 Å². The van der Waals surface area contributed by atoms with E-state index in [2.05, 4.69) is 20.8 Å². The van der Waals surface area contributed by atoms with Crippen LogP contribution in [0.25, 0.3) is 0 Å². The predicted octanol–water partition coefficient (Wildman–Crippen LogP) is 6.11. The maximum atomic E-state index is 14.2. The van der Waals surface area contributed by atoms with Crippen LogP contribution in [0, 0.1) is 11.8 Å². The van der Waals surface area contributed by atoms with Crippen molar-refractivity contribution in [3.63, 3.8) is 0 Å². The Hall–Kier alpha value is -0.860. The van der Waals surface area contributed by atoms with Crippen molar-refractivity contribution in [2.45, 2.75) is 84.0 Å². The van der Waals surface area contributed by atoms with Crippen LogP contribution in [0.1, 0.15) is 84.3 Å². The van der Waals surface area contributed by atoms with Crippen molar-refractivity contribution in [1.82, 2.24) is 4.57 Å². The van der Waals surface area contributed by atoms with Gasteiger partial charge in [-0.05, 0) is 12.8 Å². The summed E-state index contributed by atoms with van der Waals surface area (Å²) in [6.07, 6.45) is 9.92. The summed E-state index contributed by atoms with van der Waals surface area (Å²) in [5.41, 5.74) is 0.291. The van der Waals surface area contributed by atoms with Crippen LogP contribution >= 0.6 is 0 Å². The molecule has 1 rings (SSSR count). The topological polar surface area (TPSA) is 4.93 Å². The molecule has 0 radical (unpaired) electrons. The minimum Gasteiger partial charge on any atom is -0.322 e. The van der Waals surface area contributed by atoms with E-state index in [1.807, 2.05) is 0 Å². The summed E-state index contributed by atoms with van der Waals surface area (Å²) in [7, 11) is 1.64. The molecule has 21 heavy (non-hydrogen) atoms. The average molecular weight is 299 g/mol. The quantitative estimate of drug-likeness (QED) is 0.459. The molecule has 3 heteroatoms. The Balaban J connectivity index is 2.88. The Bertz CT molecular complexity index is 425. The molecular weight excluding hydrogens is 268 g/mol. The van der Waals surface area contributed by atoms with Crippen molar-refractivity contribution in [1.29, 1.82) is 0 Å². The van der Waals surface area contributed by atoms with E-state index in [4.69, 9.17) is 0 Å². The first kappa shape index (κ1) is 18.2. The molecule has 0 aliphatic carbocycles. The van der Waals surface area contributed by atoms with E-state index in [0.29, 0.717) is 5.69 Å². The van der Waals surface area contributed by atoms with Crippen molar-refractivity contribution in [2.75, 3.05) is 0 Å². The van der Waals surface area contributed by atoms with Crippen LogP contribution < -0.4 is 0 Å². The Morgan fingerprint density at radius 1 is 0.952 bits per heavy atom. The van der Waals surface area contributed by atoms with Gasteiger partial charge in [-0.1, -0.05) is 65.7 Å². The zero-order chi connectivity index (χ0) is 15.9. The molecule has 1 atom stereocenters. The minimum atomic E-state index is -0.474. The standard InChI is InChI=1S/C18H31F2N/c1-5-7-9-11-13-18(3,12-10-8-6-2)17-15(19)14-16(20)21(17)4/h14H,5-13H2,1-4H3. The maximum Gasteiger partial charge on any atom is 0.196 e. The highest BCUT2D eigenvalue weighted by atomic mass is 19.1. The van der Waals surface area contributed by atoms with E-state index in [9.17, 15) is 8.78 Å². The van der Waals surface area contributed by atoms with Gasteiger partial charge in [-0.2, -0.15) is 4.39 Å². The molecule has 0 saturated carbocycles. The minimum absolute atomic E-state index is 0.258. The Morgan fingerprint density at radius 3 is 1.95 bits per heavy atom. The number of aromatic nitrogens is 1. The van der Waals surface area contributed by atoms with Gasteiger partial charge in [0.15, 0.2) is 5.95 Å². The molecule has 1 aromatic heterocycles. The SMILES string of the molecule is CCCCCCC(C)(CCCCC)c1c(F)cc(F)n1C. The van der Waals surface area contributed by atoms with Gasteiger partial charge in [0, 0.05) is 18.5 Å². The van der Waals surface area contributed by atoms with E-state index in [1.165, 1.54) is 23.8 Å². The van der Waals surface area contributed by atoms with Gasteiger partial charge in [0.25, 0.3) is 0 Å². The third kappa shape index (κ3) is 4.82. The molecule has 0 bridgehead atoms. The number of nitrogens with zero attached hydrogens (tertiary/aromatic N) is 1. The number of halogens is 2. The summed E-state index contributed by atoms with van der Waals surface area (Å²) in [5.74, 6) is -0.859. The maximum absolute atomic E-state index is 14.2. The second-order valence-electron chi connectivity index (χ2n) is 6.55. The molecule has 122 valence electrons. The lowest BCUT2D eigenvalue weighted by atomic mass is 9.76. The van der Waals surface area contributed by atoms with E-state index >= 15 is 0 Å². The van der Waals surface area contributed by atoms with E-state index in [1.54, 1.807) is 7.05 Å². The average Bonchev–Trinajstić information content (AvgIpc) is 2.69. The molecule has 0 aromatic carbocycles. The molecule has 0 saturated heterocycles. The highest BCUT2D eigenvalue weighted by molar-refractivity contribution is 5.21. The lowest BCUT2D eigenvalue weighted by molar-refractivity contribution is 0.329. The zero-order valence-electron chi connectivity index (χ0n) is 14.1. The van der Waals surface area contributed by atoms with Crippen LogP contribution in [-0.2, 0) is 12.5 Å². The Labute approximate surface area is 128 Å². The van der Waals surface area contributed by atoms with E-state index in [0.717, 1.165) is 44.6 Å². The molecule has 0 fully saturated rings. The molecule has 1 heterocycles. The van der Waals surface area contributed by atoms with E-state index in [-0.39, 0.29) is 11.2 Å². The fraction of sp³-hybridized carbons (Fsp3) is 0.778. The van der Waals surface area contributed by atoms with Gasteiger partial charge < -0.3 is 4.57 Å². The highest BCUT2D eigenvalue weighted by Crippen LogP contribution is 2.37. The molecule has 1 nitrogen and oxygen atoms in total. The van der Waals surface area contributed by atoms with Gasteiger partial charge in [0.1, 0.15) is 5.82 Å². The summed E-state index contributed by atoms with van der Waals surface area (Å²) in [6.45, 7) is 6.46. The largest absolute Gasteiger partial charge is 0.322 e. The third-order valence-corrected chi connectivity index (χ3v) is 4.61. The second-order valence-corrected chi connectivity index (χ2v) is 6.55. The summed E-state index contributed by atoms with van der Waals surface area (Å²) in [6, 6.07) is 1.03. The first-order valence-electron chi connectivity index (χ1n) is 8.47. The number of hydrogen-bond donors (Lipinski definition) is 0. The van der Waals surface area contributed by atoms with Gasteiger partial charge in [0.2, 0.25) is 0 Å². The van der Waals surface area contributed by atoms with Gasteiger partial charge >= 0.3 is 0 Å². The van der Waals surface area contributed by atoms with Gasteiger partial charge in [-0.25, -0.2) is 4.39 Å². The van der Waals surface area contributed by atoms with Crippen LogP contribution in [0.5, 0.6) is 0 Å². The molecule has 1 unspecified atom stereocenters. The van der Waals surface area contributed by atoms with Crippen LogP contribution in [0.3, 0.4) is 0 Å². The number of hydrogen-bond acceptors (Lipinski definition) is 0. The smallest absolute Gasteiger partial charge is 0.196 e. The van der Waals surface area contributed by atoms with Crippen LogP contribution in [-0.4, -0.2) is 4.57 Å². The lowest BCUT2D eigenvalue weighted by Gasteiger charge is -2.31. The van der Waals surface area contributed by atoms with Gasteiger partial charge in [-0.3, -0.25) is 0 Å². The highest BCUT2D eigenvalue weighted by Gasteiger charge is 2.32. The first-order chi connectivity index (χ1) is 9.96. The molecule has 0 amide bonds. The van der Waals surface area contributed by atoms with Gasteiger partial charge in [-0.15, -0.1) is 0 Å². The molecular formula is C18H31F2N. The summed E-state index contributed by atoms with van der Waals surface area (Å²) in [5, 5.41) is 0. The lowest BCUT2D eigenvalue weighted by Crippen LogP contribution is -2.26. The number of unbranched alkanes of at least 4 members (excludes halogenated alkanes) is 5. The Kier molecular flexibility index (Phi) is 7.41.